The molecule has 0 aliphatic heterocycles. The SMILES string of the molecule is COCCNC(=O)CN(C)CC(C)=O. The summed E-state index contributed by atoms with van der Waals surface area (Å²) in [6, 6.07) is 0. The summed E-state index contributed by atoms with van der Waals surface area (Å²) in [6.45, 7) is 3.05. The predicted molar refractivity (Wildman–Crippen MR) is 53.1 cm³/mol. The molecule has 0 aromatic carbocycles. The van der Waals surface area contributed by atoms with Gasteiger partial charge < -0.3 is 10.1 Å². The molecule has 0 unspecified atom stereocenters. The zero-order valence-corrected chi connectivity index (χ0v) is 9.00. The van der Waals surface area contributed by atoms with Gasteiger partial charge in [-0.05, 0) is 14.0 Å². The zero-order valence-electron chi connectivity index (χ0n) is 9.00. The quantitative estimate of drug-likeness (QED) is 0.553. The van der Waals surface area contributed by atoms with Crippen molar-refractivity contribution in [3.63, 3.8) is 0 Å². The lowest BCUT2D eigenvalue weighted by Crippen LogP contribution is -2.38. The summed E-state index contributed by atoms with van der Waals surface area (Å²) >= 11 is 0. The summed E-state index contributed by atoms with van der Waals surface area (Å²) in [6.07, 6.45) is 0. The monoisotopic (exact) mass is 202 g/mol. The molecule has 14 heavy (non-hydrogen) atoms. The number of ether oxygens (including phenoxy) is 1. The van der Waals surface area contributed by atoms with Crippen molar-refractivity contribution in [2.24, 2.45) is 0 Å². The second kappa shape index (κ2) is 7.46. The van der Waals surface area contributed by atoms with Crippen molar-refractivity contribution in [1.82, 2.24) is 10.2 Å². The molecule has 1 amide bonds. The normalized spacial score (nSPS) is 10.3. The number of hydrogen-bond acceptors (Lipinski definition) is 4. The van der Waals surface area contributed by atoms with Crippen molar-refractivity contribution in [2.45, 2.75) is 6.92 Å². The number of carbonyl (C=O) groups excluding carboxylic acids is 2. The number of amides is 1. The molecular formula is C9H18N2O3. The van der Waals surface area contributed by atoms with Crippen molar-refractivity contribution < 1.29 is 14.3 Å². The molecule has 0 atom stereocenters. The van der Waals surface area contributed by atoms with E-state index in [1.807, 2.05) is 0 Å². The highest BCUT2D eigenvalue weighted by Crippen LogP contribution is 1.82. The average molecular weight is 202 g/mol. The van der Waals surface area contributed by atoms with Crippen LogP contribution in [0.5, 0.6) is 0 Å². The number of likely N-dealkylation sites (N-methyl/N-ethyl adjacent to an activating group) is 1. The van der Waals surface area contributed by atoms with E-state index in [4.69, 9.17) is 4.74 Å². The van der Waals surface area contributed by atoms with Crippen LogP contribution in [0.3, 0.4) is 0 Å². The van der Waals surface area contributed by atoms with E-state index in [0.717, 1.165) is 0 Å². The molecule has 0 aromatic rings. The van der Waals surface area contributed by atoms with Crippen LogP contribution in [0, 0.1) is 0 Å². The second-order valence-electron chi connectivity index (χ2n) is 3.22. The Morgan fingerprint density at radius 3 is 2.50 bits per heavy atom. The molecule has 0 bridgehead atoms. The van der Waals surface area contributed by atoms with E-state index >= 15 is 0 Å². The Balaban J connectivity index is 3.55. The smallest absolute Gasteiger partial charge is 0.234 e. The summed E-state index contributed by atoms with van der Waals surface area (Å²) in [5.74, 6) is -0.0389. The number of nitrogens with zero attached hydrogens (tertiary/aromatic N) is 1. The second-order valence-corrected chi connectivity index (χ2v) is 3.22. The first-order valence-corrected chi connectivity index (χ1v) is 4.50. The highest BCUT2D eigenvalue weighted by atomic mass is 16.5. The minimum atomic E-state index is -0.0919. The molecule has 0 spiro atoms. The topological polar surface area (TPSA) is 58.6 Å². The van der Waals surface area contributed by atoms with Gasteiger partial charge in [-0.1, -0.05) is 0 Å². The Kier molecular flexibility index (Phi) is 6.96. The number of ketones is 1. The fraction of sp³-hybridized carbons (Fsp3) is 0.778. The molecule has 5 heteroatoms. The summed E-state index contributed by atoms with van der Waals surface area (Å²) in [5, 5.41) is 2.67. The van der Waals surface area contributed by atoms with E-state index in [9.17, 15) is 9.59 Å². The molecule has 0 fully saturated rings. The third kappa shape index (κ3) is 7.70. The van der Waals surface area contributed by atoms with Crippen LogP contribution in [0.1, 0.15) is 6.92 Å². The van der Waals surface area contributed by atoms with Crippen LogP contribution in [-0.2, 0) is 14.3 Å². The molecule has 82 valence electrons. The maximum atomic E-state index is 11.2. The summed E-state index contributed by atoms with van der Waals surface area (Å²) < 4.78 is 4.78. The maximum Gasteiger partial charge on any atom is 0.234 e. The van der Waals surface area contributed by atoms with Crippen LogP contribution in [0.4, 0.5) is 0 Å². The van der Waals surface area contributed by atoms with Gasteiger partial charge in [-0.3, -0.25) is 14.5 Å². The zero-order chi connectivity index (χ0) is 11.0. The lowest BCUT2D eigenvalue weighted by Gasteiger charge is -2.13. The van der Waals surface area contributed by atoms with Crippen LogP contribution in [-0.4, -0.2) is 57.0 Å². The minimum Gasteiger partial charge on any atom is -0.383 e. The van der Waals surface area contributed by atoms with Crippen LogP contribution >= 0.6 is 0 Å². The summed E-state index contributed by atoms with van der Waals surface area (Å²) in [5.41, 5.74) is 0. The first-order chi connectivity index (χ1) is 6.56. The lowest BCUT2D eigenvalue weighted by molar-refractivity contribution is -0.123. The Morgan fingerprint density at radius 1 is 1.36 bits per heavy atom. The van der Waals surface area contributed by atoms with Gasteiger partial charge >= 0.3 is 0 Å². The largest absolute Gasteiger partial charge is 0.383 e. The van der Waals surface area contributed by atoms with Gasteiger partial charge in [0.05, 0.1) is 19.7 Å². The van der Waals surface area contributed by atoms with E-state index in [1.165, 1.54) is 6.92 Å². The molecule has 0 saturated heterocycles. The maximum absolute atomic E-state index is 11.2. The first-order valence-electron chi connectivity index (χ1n) is 4.50. The molecule has 0 saturated carbocycles. The summed E-state index contributed by atoms with van der Waals surface area (Å²) in [4.78, 5) is 23.6. The van der Waals surface area contributed by atoms with Gasteiger partial charge in [-0.2, -0.15) is 0 Å². The fourth-order valence-corrected chi connectivity index (χ4v) is 1.03. The molecule has 0 rings (SSSR count). The molecular weight excluding hydrogens is 184 g/mol. The number of hydrogen-bond donors (Lipinski definition) is 1. The molecule has 0 aliphatic carbocycles. The Hall–Kier alpha value is -0.940. The van der Waals surface area contributed by atoms with E-state index in [0.29, 0.717) is 19.7 Å². The Bertz CT molecular complexity index is 194. The van der Waals surface area contributed by atoms with E-state index in [-0.39, 0.29) is 18.2 Å². The van der Waals surface area contributed by atoms with Gasteiger partial charge in [0.1, 0.15) is 5.78 Å². The van der Waals surface area contributed by atoms with Gasteiger partial charge in [0.15, 0.2) is 0 Å². The van der Waals surface area contributed by atoms with Crippen molar-refractivity contribution in [2.75, 3.05) is 40.4 Å². The van der Waals surface area contributed by atoms with E-state index in [1.54, 1.807) is 19.1 Å². The third-order valence-electron chi connectivity index (χ3n) is 1.53. The fourth-order valence-electron chi connectivity index (χ4n) is 1.03. The number of nitrogens with one attached hydrogen (secondary N) is 1. The molecule has 0 aliphatic rings. The van der Waals surface area contributed by atoms with Crippen molar-refractivity contribution in [3.8, 4) is 0 Å². The first kappa shape index (κ1) is 13.1. The van der Waals surface area contributed by atoms with Crippen molar-refractivity contribution >= 4 is 11.7 Å². The van der Waals surface area contributed by atoms with E-state index < -0.39 is 0 Å². The molecule has 1 N–H and O–H groups in total. The molecule has 0 aromatic heterocycles. The van der Waals surface area contributed by atoms with Crippen LogP contribution in [0.25, 0.3) is 0 Å². The van der Waals surface area contributed by atoms with Crippen LogP contribution in [0.15, 0.2) is 0 Å². The minimum absolute atomic E-state index is 0.0530. The van der Waals surface area contributed by atoms with E-state index in [2.05, 4.69) is 5.32 Å². The van der Waals surface area contributed by atoms with Gasteiger partial charge in [0.25, 0.3) is 0 Å². The number of rotatable bonds is 7. The average Bonchev–Trinajstić information content (AvgIpc) is 2.02. The molecule has 5 nitrogen and oxygen atoms in total. The van der Waals surface area contributed by atoms with Crippen LogP contribution in [0.2, 0.25) is 0 Å². The van der Waals surface area contributed by atoms with Gasteiger partial charge in [-0.25, -0.2) is 0 Å². The van der Waals surface area contributed by atoms with Crippen molar-refractivity contribution in [1.29, 1.82) is 0 Å². The number of carbonyl (C=O) groups is 2. The Morgan fingerprint density at radius 2 is 2.00 bits per heavy atom. The van der Waals surface area contributed by atoms with Gasteiger partial charge in [0.2, 0.25) is 5.91 Å². The van der Waals surface area contributed by atoms with Crippen molar-refractivity contribution in [3.05, 3.63) is 0 Å². The molecule has 0 radical (unpaired) electrons. The molecule has 0 heterocycles. The third-order valence-corrected chi connectivity index (χ3v) is 1.53. The number of methoxy groups -OCH3 is 1. The Labute approximate surface area is 84.4 Å². The highest BCUT2D eigenvalue weighted by molar-refractivity contribution is 5.80. The standard InChI is InChI=1S/C9H18N2O3/c1-8(12)6-11(2)7-9(13)10-4-5-14-3/h4-7H2,1-3H3,(H,10,13). The van der Waals surface area contributed by atoms with Gasteiger partial charge in [-0.15, -0.1) is 0 Å². The lowest BCUT2D eigenvalue weighted by atomic mass is 10.4. The number of Topliss-reactive ketones (excluding diaryl/α,β-unsaturated/α-hetero) is 1. The van der Waals surface area contributed by atoms with Crippen LogP contribution < -0.4 is 5.32 Å². The predicted octanol–water partition coefficient (Wildman–Crippen LogP) is -0.730. The highest BCUT2D eigenvalue weighted by Gasteiger charge is 2.06. The summed E-state index contributed by atoms with van der Waals surface area (Å²) in [7, 11) is 3.31. The van der Waals surface area contributed by atoms with Gasteiger partial charge in [0, 0.05) is 13.7 Å².